The predicted molar refractivity (Wildman–Crippen MR) is 79.8 cm³/mol. The predicted octanol–water partition coefficient (Wildman–Crippen LogP) is 3.72. The fraction of sp³-hybridized carbons (Fsp3) is 0.250. The van der Waals surface area contributed by atoms with Gasteiger partial charge in [-0.1, -0.05) is 6.07 Å². The van der Waals surface area contributed by atoms with Crippen LogP contribution in [0.4, 0.5) is 0 Å². The molecule has 0 bridgehead atoms. The highest BCUT2D eigenvalue weighted by Gasteiger charge is 2.14. The van der Waals surface area contributed by atoms with Crippen molar-refractivity contribution in [3.05, 3.63) is 42.5 Å². The van der Waals surface area contributed by atoms with E-state index in [2.05, 4.69) is 21.0 Å². The largest absolute Gasteiger partial charge is 0.488 e. The molecule has 3 aromatic rings. The first kappa shape index (κ1) is 12.7. The Kier molecular flexibility index (Phi) is 3.14. The molecular formula is C16H17N3O. The molecule has 0 aliphatic heterocycles. The highest BCUT2D eigenvalue weighted by Crippen LogP contribution is 2.35. The first-order valence-electron chi connectivity index (χ1n) is 6.71. The van der Waals surface area contributed by atoms with Crippen LogP contribution < -0.4 is 4.74 Å². The van der Waals surface area contributed by atoms with E-state index in [9.17, 15) is 0 Å². The highest BCUT2D eigenvalue weighted by molar-refractivity contribution is 5.92. The molecule has 4 nitrogen and oxygen atoms in total. The zero-order valence-electron chi connectivity index (χ0n) is 11.8. The minimum atomic E-state index is 0.0982. The number of aryl methyl sites for hydroxylation is 1. The molecule has 0 radical (unpaired) electrons. The minimum Gasteiger partial charge on any atom is -0.488 e. The maximum Gasteiger partial charge on any atom is 0.153 e. The molecule has 0 aliphatic rings. The van der Waals surface area contributed by atoms with Gasteiger partial charge in [-0.2, -0.15) is 0 Å². The maximum atomic E-state index is 6.00. The Morgan fingerprint density at radius 2 is 1.95 bits per heavy atom. The van der Waals surface area contributed by atoms with E-state index in [1.54, 1.807) is 12.4 Å². The van der Waals surface area contributed by atoms with Crippen LogP contribution in [0.15, 0.2) is 36.8 Å². The number of ether oxygens (including phenoxy) is 1. The molecule has 2 aromatic heterocycles. The van der Waals surface area contributed by atoms with Crippen molar-refractivity contribution in [1.82, 2.24) is 15.0 Å². The van der Waals surface area contributed by atoms with Crippen molar-refractivity contribution in [2.45, 2.75) is 26.9 Å². The van der Waals surface area contributed by atoms with Crippen molar-refractivity contribution in [3.63, 3.8) is 0 Å². The third kappa shape index (κ3) is 2.25. The number of H-pyrrole nitrogens is 1. The van der Waals surface area contributed by atoms with Gasteiger partial charge < -0.3 is 9.72 Å². The van der Waals surface area contributed by atoms with Gasteiger partial charge in [0, 0.05) is 23.3 Å². The summed E-state index contributed by atoms with van der Waals surface area (Å²) in [5.74, 6) is 0.834. The van der Waals surface area contributed by atoms with Crippen molar-refractivity contribution < 1.29 is 4.74 Å². The lowest BCUT2D eigenvalue weighted by Crippen LogP contribution is -2.07. The highest BCUT2D eigenvalue weighted by atomic mass is 16.5. The lowest BCUT2D eigenvalue weighted by molar-refractivity contribution is 0.246. The Bertz CT molecular complexity index is 729. The van der Waals surface area contributed by atoms with E-state index in [-0.39, 0.29) is 6.10 Å². The zero-order valence-corrected chi connectivity index (χ0v) is 11.8. The molecule has 4 heteroatoms. The lowest BCUT2D eigenvalue weighted by Gasteiger charge is -2.15. The molecule has 0 aliphatic carbocycles. The molecule has 0 saturated heterocycles. The van der Waals surface area contributed by atoms with E-state index >= 15 is 0 Å². The second kappa shape index (κ2) is 4.96. The van der Waals surface area contributed by atoms with Crippen molar-refractivity contribution in [2.75, 3.05) is 0 Å². The standard InChI is InChI=1S/C16H17N3O/c1-10(2)20-16-13(14-9-18-11(3)8-19-14)5-4-12-6-7-17-15(12)16/h4-10,17H,1-3H3. The van der Waals surface area contributed by atoms with Crippen LogP contribution in [0.25, 0.3) is 22.2 Å². The topological polar surface area (TPSA) is 50.8 Å². The van der Waals surface area contributed by atoms with Gasteiger partial charge >= 0.3 is 0 Å². The zero-order chi connectivity index (χ0) is 14.1. The number of fused-ring (bicyclic) bond motifs is 1. The molecule has 0 saturated carbocycles. The molecule has 0 spiro atoms. The number of hydrogen-bond acceptors (Lipinski definition) is 3. The van der Waals surface area contributed by atoms with Gasteiger partial charge in [-0.3, -0.25) is 9.97 Å². The Labute approximate surface area is 117 Å². The van der Waals surface area contributed by atoms with Crippen LogP contribution in [0.1, 0.15) is 19.5 Å². The van der Waals surface area contributed by atoms with Crippen LogP contribution in [-0.4, -0.2) is 21.1 Å². The van der Waals surface area contributed by atoms with Gasteiger partial charge in [0.25, 0.3) is 0 Å². The first-order valence-corrected chi connectivity index (χ1v) is 6.71. The normalized spacial score (nSPS) is 11.2. The first-order chi connectivity index (χ1) is 9.65. The van der Waals surface area contributed by atoms with Crippen LogP contribution in [-0.2, 0) is 0 Å². The van der Waals surface area contributed by atoms with Gasteiger partial charge in [0.1, 0.15) is 0 Å². The van der Waals surface area contributed by atoms with Crippen molar-refractivity contribution in [3.8, 4) is 17.0 Å². The molecule has 1 N–H and O–H groups in total. The molecule has 0 fully saturated rings. The number of aromatic amines is 1. The molecule has 2 heterocycles. The number of hydrogen-bond donors (Lipinski definition) is 1. The Morgan fingerprint density at radius 3 is 2.65 bits per heavy atom. The van der Waals surface area contributed by atoms with E-state index in [0.717, 1.165) is 33.6 Å². The summed E-state index contributed by atoms with van der Waals surface area (Å²) < 4.78 is 6.00. The fourth-order valence-electron chi connectivity index (χ4n) is 2.19. The van der Waals surface area contributed by atoms with Crippen LogP contribution in [0.5, 0.6) is 5.75 Å². The van der Waals surface area contributed by atoms with Gasteiger partial charge in [0.05, 0.1) is 29.2 Å². The second-order valence-electron chi connectivity index (χ2n) is 5.09. The van der Waals surface area contributed by atoms with Crippen LogP contribution >= 0.6 is 0 Å². The monoisotopic (exact) mass is 267 g/mol. The van der Waals surface area contributed by atoms with Gasteiger partial charge in [0.2, 0.25) is 0 Å². The molecular weight excluding hydrogens is 250 g/mol. The van der Waals surface area contributed by atoms with Crippen molar-refractivity contribution >= 4 is 10.9 Å². The van der Waals surface area contributed by atoms with Crippen LogP contribution in [0.2, 0.25) is 0 Å². The van der Waals surface area contributed by atoms with E-state index < -0.39 is 0 Å². The molecule has 0 unspecified atom stereocenters. The molecule has 0 amide bonds. The van der Waals surface area contributed by atoms with E-state index in [1.807, 2.05) is 39.1 Å². The van der Waals surface area contributed by atoms with E-state index in [1.165, 1.54) is 0 Å². The summed E-state index contributed by atoms with van der Waals surface area (Å²) in [5, 5.41) is 1.13. The second-order valence-corrected chi connectivity index (χ2v) is 5.09. The number of nitrogens with zero attached hydrogens (tertiary/aromatic N) is 2. The number of benzene rings is 1. The smallest absolute Gasteiger partial charge is 0.153 e. The molecule has 102 valence electrons. The number of aromatic nitrogens is 3. The average molecular weight is 267 g/mol. The SMILES string of the molecule is Cc1cnc(-c2ccc3cc[nH]c3c2OC(C)C)cn1. The summed E-state index contributed by atoms with van der Waals surface area (Å²) in [6.07, 6.45) is 5.57. The summed E-state index contributed by atoms with van der Waals surface area (Å²) in [5.41, 5.74) is 3.68. The summed E-state index contributed by atoms with van der Waals surface area (Å²) in [7, 11) is 0. The van der Waals surface area contributed by atoms with Gasteiger partial charge in [0.15, 0.2) is 5.75 Å². The molecule has 0 atom stereocenters. The Hall–Kier alpha value is -2.36. The molecule has 3 rings (SSSR count). The number of nitrogens with one attached hydrogen (secondary N) is 1. The van der Waals surface area contributed by atoms with E-state index in [4.69, 9.17) is 4.74 Å². The minimum absolute atomic E-state index is 0.0982. The summed E-state index contributed by atoms with van der Waals surface area (Å²) in [4.78, 5) is 12.0. The summed E-state index contributed by atoms with van der Waals surface area (Å²) >= 11 is 0. The van der Waals surface area contributed by atoms with Crippen molar-refractivity contribution in [2.24, 2.45) is 0 Å². The maximum absolute atomic E-state index is 6.00. The van der Waals surface area contributed by atoms with Crippen LogP contribution in [0, 0.1) is 6.92 Å². The van der Waals surface area contributed by atoms with Crippen molar-refractivity contribution in [1.29, 1.82) is 0 Å². The fourth-order valence-corrected chi connectivity index (χ4v) is 2.19. The quantitative estimate of drug-likeness (QED) is 0.786. The Balaban J connectivity index is 2.20. The third-order valence-corrected chi connectivity index (χ3v) is 3.09. The average Bonchev–Trinajstić information content (AvgIpc) is 2.88. The van der Waals surface area contributed by atoms with Gasteiger partial charge in [-0.15, -0.1) is 0 Å². The third-order valence-electron chi connectivity index (χ3n) is 3.09. The lowest BCUT2D eigenvalue weighted by atomic mass is 10.1. The molecule has 1 aromatic carbocycles. The Morgan fingerprint density at radius 1 is 1.10 bits per heavy atom. The summed E-state index contributed by atoms with van der Waals surface area (Å²) in [6.45, 7) is 5.97. The van der Waals surface area contributed by atoms with Gasteiger partial charge in [-0.25, -0.2) is 0 Å². The number of rotatable bonds is 3. The van der Waals surface area contributed by atoms with Gasteiger partial charge in [-0.05, 0) is 32.9 Å². The molecule has 20 heavy (non-hydrogen) atoms. The summed E-state index contributed by atoms with van der Waals surface area (Å²) in [6, 6.07) is 6.14. The van der Waals surface area contributed by atoms with Crippen LogP contribution in [0.3, 0.4) is 0 Å². The van der Waals surface area contributed by atoms with E-state index in [0.29, 0.717) is 0 Å².